The molecule has 0 spiro atoms. The van der Waals surface area contributed by atoms with Gasteiger partial charge in [-0.3, -0.25) is 4.79 Å². The van der Waals surface area contributed by atoms with Gasteiger partial charge in [0.05, 0.1) is 12.5 Å². The number of piperidine rings is 1. The zero-order valence-electron chi connectivity index (χ0n) is 16.7. The first kappa shape index (κ1) is 20.0. The summed E-state index contributed by atoms with van der Waals surface area (Å²) < 4.78 is 5.15. The van der Waals surface area contributed by atoms with E-state index < -0.39 is 0 Å². The molecule has 1 heterocycles. The van der Waals surface area contributed by atoms with E-state index in [1.165, 1.54) is 11.1 Å². The summed E-state index contributed by atoms with van der Waals surface area (Å²) in [5, 5.41) is 0. The van der Waals surface area contributed by atoms with Crippen LogP contribution in [-0.4, -0.2) is 37.1 Å². The Morgan fingerprint density at radius 3 is 2.32 bits per heavy atom. The van der Waals surface area contributed by atoms with Crippen LogP contribution in [0.25, 0.3) is 0 Å². The number of esters is 1. The molecule has 0 N–H and O–H groups in total. The van der Waals surface area contributed by atoms with Crippen molar-refractivity contribution in [1.82, 2.24) is 4.90 Å². The summed E-state index contributed by atoms with van der Waals surface area (Å²) in [5.41, 5.74) is 3.03. The third-order valence-electron chi connectivity index (χ3n) is 5.18. The van der Waals surface area contributed by atoms with Gasteiger partial charge in [0.2, 0.25) is 0 Å². The minimum atomic E-state index is -0.00543. The van der Waals surface area contributed by atoms with Gasteiger partial charge < -0.3 is 9.64 Å². The summed E-state index contributed by atoms with van der Waals surface area (Å²) in [6.45, 7) is 14.6. The van der Waals surface area contributed by atoms with E-state index >= 15 is 0 Å². The summed E-state index contributed by atoms with van der Waals surface area (Å²) >= 11 is 0. The third kappa shape index (κ3) is 6.14. The Bertz CT molecular complexity index is 536. The molecule has 0 bridgehead atoms. The number of nitrogens with zero attached hydrogens (tertiary/aromatic N) is 1. The van der Waals surface area contributed by atoms with Crippen LogP contribution in [0, 0.1) is 11.8 Å². The standard InChI is InChI=1S/C22H35NO2/c1-6-25-21(24)19-11-13-23(14-12-19)16-17(2)15-18-7-9-20(10-8-18)22(3,4)5/h7-10,17,19H,6,11-16H2,1-5H3. The van der Waals surface area contributed by atoms with E-state index in [0.717, 1.165) is 38.9 Å². The van der Waals surface area contributed by atoms with E-state index in [0.29, 0.717) is 12.5 Å². The first-order chi connectivity index (χ1) is 11.8. The number of rotatable bonds is 6. The van der Waals surface area contributed by atoms with E-state index in [1.54, 1.807) is 0 Å². The van der Waals surface area contributed by atoms with E-state index in [4.69, 9.17) is 4.74 Å². The summed E-state index contributed by atoms with van der Waals surface area (Å²) in [6.07, 6.45) is 2.99. The molecule has 1 aromatic rings. The molecule has 0 saturated carbocycles. The summed E-state index contributed by atoms with van der Waals surface area (Å²) in [4.78, 5) is 14.3. The molecule has 0 amide bonds. The molecule has 2 rings (SSSR count). The fourth-order valence-corrected chi connectivity index (χ4v) is 3.66. The van der Waals surface area contributed by atoms with Crippen LogP contribution in [-0.2, 0) is 21.4 Å². The second-order valence-electron chi connectivity index (χ2n) is 8.58. The van der Waals surface area contributed by atoms with Gasteiger partial charge in [0.25, 0.3) is 0 Å². The molecule has 1 unspecified atom stereocenters. The molecule has 0 radical (unpaired) electrons. The van der Waals surface area contributed by atoms with Gasteiger partial charge in [-0.2, -0.15) is 0 Å². The molecular formula is C22H35NO2. The van der Waals surface area contributed by atoms with Gasteiger partial charge in [-0.25, -0.2) is 0 Å². The molecule has 3 nitrogen and oxygen atoms in total. The number of carbonyl (C=O) groups is 1. The molecule has 0 aliphatic carbocycles. The van der Waals surface area contributed by atoms with Gasteiger partial charge >= 0.3 is 5.97 Å². The second kappa shape index (κ2) is 8.84. The van der Waals surface area contributed by atoms with Crippen LogP contribution in [0.4, 0.5) is 0 Å². The molecular weight excluding hydrogens is 310 g/mol. The highest BCUT2D eigenvalue weighted by molar-refractivity contribution is 5.72. The van der Waals surface area contributed by atoms with E-state index in [9.17, 15) is 4.79 Å². The van der Waals surface area contributed by atoms with Crippen LogP contribution in [0.5, 0.6) is 0 Å². The lowest BCUT2D eigenvalue weighted by Crippen LogP contribution is -2.39. The lowest BCUT2D eigenvalue weighted by atomic mass is 9.86. The van der Waals surface area contributed by atoms with Crippen molar-refractivity contribution in [3.63, 3.8) is 0 Å². The first-order valence-electron chi connectivity index (χ1n) is 9.78. The average Bonchev–Trinajstić information content (AvgIpc) is 2.55. The predicted octanol–water partition coefficient (Wildman–Crippen LogP) is 4.44. The lowest BCUT2D eigenvalue weighted by Gasteiger charge is -2.32. The number of likely N-dealkylation sites (tertiary alicyclic amines) is 1. The van der Waals surface area contributed by atoms with Crippen LogP contribution in [0.3, 0.4) is 0 Å². The fraction of sp³-hybridized carbons (Fsp3) is 0.682. The topological polar surface area (TPSA) is 29.5 Å². The smallest absolute Gasteiger partial charge is 0.309 e. The third-order valence-corrected chi connectivity index (χ3v) is 5.18. The SMILES string of the molecule is CCOC(=O)C1CCN(CC(C)Cc2ccc(C(C)(C)C)cc2)CC1. The Hall–Kier alpha value is -1.35. The maximum absolute atomic E-state index is 11.8. The Morgan fingerprint density at radius 2 is 1.80 bits per heavy atom. The first-order valence-corrected chi connectivity index (χ1v) is 9.78. The van der Waals surface area contributed by atoms with Gasteiger partial charge in [-0.05, 0) is 61.7 Å². The van der Waals surface area contributed by atoms with Crippen molar-refractivity contribution in [2.24, 2.45) is 11.8 Å². The molecule has 1 aliphatic rings. The molecule has 1 aromatic carbocycles. The van der Waals surface area contributed by atoms with Crippen molar-refractivity contribution in [1.29, 1.82) is 0 Å². The summed E-state index contributed by atoms with van der Waals surface area (Å²) in [7, 11) is 0. The Balaban J connectivity index is 1.77. The van der Waals surface area contributed by atoms with E-state index in [-0.39, 0.29) is 17.3 Å². The second-order valence-corrected chi connectivity index (χ2v) is 8.58. The van der Waals surface area contributed by atoms with Crippen LogP contribution in [0.2, 0.25) is 0 Å². The highest BCUT2D eigenvalue weighted by Gasteiger charge is 2.26. The molecule has 3 heteroatoms. The minimum absolute atomic E-state index is 0.00543. The number of hydrogen-bond donors (Lipinski definition) is 0. The normalized spacial score (nSPS) is 18.1. The number of carbonyl (C=O) groups excluding carboxylic acids is 1. The molecule has 1 fully saturated rings. The van der Waals surface area contributed by atoms with Crippen LogP contribution in [0.15, 0.2) is 24.3 Å². The summed E-state index contributed by atoms with van der Waals surface area (Å²) in [5.74, 6) is 0.727. The zero-order valence-corrected chi connectivity index (χ0v) is 16.7. The molecule has 1 atom stereocenters. The van der Waals surface area contributed by atoms with Crippen molar-refractivity contribution < 1.29 is 9.53 Å². The van der Waals surface area contributed by atoms with Crippen LogP contribution in [0.1, 0.15) is 58.6 Å². The van der Waals surface area contributed by atoms with Crippen molar-refractivity contribution >= 4 is 5.97 Å². The van der Waals surface area contributed by atoms with E-state index in [1.807, 2.05) is 6.92 Å². The van der Waals surface area contributed by atoms with E-state index in [2.05, 4.69) is 56.9 Å². The van der Waals surface area contributed by atoms with Gasteiger partial charge in [0.1, 0.15) is 0 Å². The molecule has 1 aliphatic heterocycles. The van der Waals surface area contributed by atoms with Crippen LogP contribution < -0.4 is 0 Å². The Kier molecular flexibility index (Phi) is 7.06. The monoisotopic (exact) mass is 345 g/mol. The van der Waals surface area contributed by atoms with Crippen molar-refractivity contribution in [3.05, 3.63) is 35.4 Å². The highest BCUT2D eigenvalue weighted by Crippen LogP contribution is 2.24. The minimum Gasteiger partial charge on any atom is -0.466 e. The molecule has 25 heavy (non-hydrogen) atoms. The fourth-order valence-electron chi connectivity index (χ4n) is 3.66. The van der Waals surface area contributed by atoms with Gasteiger partial charge in [0, 0.05) is 6.54 Å². The Morgan fingerprint density at radius 1 is 1.20 bits per heavy atom. The average molecular weight is 346 g/mol. The molecule has 140 valence electrons. The van der Waals surface area contributed by atoms with Crippen molar-refractivity contribution in [2.75, 3.05) is 26.2 Å². The quantitative estimate of drug-likeness (QED) is 0.714. The van der Waals surface area contributed by atoms with Crippen molar-refractivity contribution in [2.45, 2.75) is 59.3 Å². The van der Waals surface area contributed by atoms with Gasteiger partial charge in [-0.1, -0.05) is 52.0 Å². The maximum Gasteiger partial charge on any atom is 0.309 e. The number of ether oxygens (including phenoxy) is 1. The van der Waals surface area contributed by atoms with Crippen LogP contribution >= 0.6 is 0 Å². The Labute approximate surface area is 153 Å². The zero-order chi connectivity index (χ0) is 18.4. The number of benzene rings is 1. The largest absolute Gasteiger partial charge is 0.466 e. The summed E-state index contributed by atoms with van der Waals surface area (Å²) in [6, 6.07) is 9.11. The highest BCUT2D eigenvalue weighted by atomic mass is 16.5. The maximum atomic E-state index is 11.8. The molecule has 1 saturated heterocycles. The van der Waals surface area contributed by atoms with Gasteiger partial charge in [0.15, 0.2) is 0 Å². The lowest BCUT2D eigenvalue weighted by molar-refractivity contribution is -0.149. The molecule has 0 aromatic heterocycles. The predicted molar refractivity (Wildman–Crippen MR) is 104 cm³/mol. The van der Waals surface area contributed by atoms with Gasteiger partial charge in [-0.15, -0.1) is 0 Å². The van der Waals surface area contributed by atoms with Crippen molar-refractivity contribution in [3.8, 4) is 0 Å². The number of hydrogen-bond acceptors (Lipinski definition) is 3.